The Kier molecular flexibility index (Phi) is 7.20. The van der Waals surface area contributed by atoms with Gasteiger partial charge in [0.25, 0.3) is 0 Å². The molecule has 0 bridgehead atoms. The Balaban J connectivity index is 1.35. The lowest BCUT2D eigenvalue weighted by molar-refractivity contribution is -0.113. The fraction of sp³-hybridized carbons (Fsp3) is 0.458. The van der Waals surface area contributed by atoms with Crippen molar-refractivity contribution in [1.29, 1.82) is 0 Å². The first-order valence-electron chi connectivity index (χ1n) is 11.0. The molecule has 8 heteroatoms. The van der Waals surface area contributed by atoms with E-state index >= 15 is 0 Å². The fourth-order valence-electron chi connectivity index (χ4n) is 4.66. The minimum atomic E-state index is -0.197. The Morgan fingerprint density at radius 1 is 1.19 bits per heavy atom. The number of hydrogen-bond donors (Lipinski definition) is 1. The van der Waals surface area contributed by atoms with Gasteiger partial charge in [-0.25, -0.2) is 9.97 Å². The van der Waals surface area contributed by atoms with Crippen molar-refractivity contribution in [2.45, 2.75) is 39.0 Å². The molecule has 32 heavy (non-hydrogen) atoms. The van der Waals surface area contributed by atoms with Gasteiger partial charge in [0.2, 0.25) is 11.9 Å². The van der Waals surface area contributed by atoms with Gasteiger partial charge in [-0.05, 0) is 36.2 Å². The molecule has 1 saturated heterocycles. The first-order chi connectivity index (χ1) is 15.4. The number of piperidine rings is 1. The van der Waals surface area contributed by atoms with Crippen LogP contribution in [0.1, 0.15) is 54.2 Å². The zero-order valence-corrected chi connectivity index (χ0v) is 20.0. The van der Waals surface area contributed by atoms with Crippen molar-refractivity contribution in [3.8, 4) is 0 Å². The smallest absolute Gasteiger partial charge is 0.237 e. The molecule has 1 amide bonds. The van der Waals surface area contributed by atoms with Gasteiger partial charge in [0, 0.05) is 25.7 Å². The number of thiocarbonyl (C=S) groups is 1. The number of amides is 1. The first kappa shape index (κ1) is 22.9. The van der Waals surface area contributed by atoms with E-state index in [4.69, 9.17) is 12.2 Å². The Hall–Kier alpha value is -2.32. The summed E-state index contributed by atoms with van der Waals surface area (Å²) in [5.41, 5.74) is 2.38. The second kappa shape index (κ2) is 10.1. The van der Waals surface area contributed by atoms with Crippen molar-refractivity contribution in [1.82, 2.24) is 14.9 Å². The predicted octanol–water partition coefficient (Wildman–Crippen LogP) is 4.32. The van der Waals surface area contributed by atoms with Gasteiger partial charge >= 0.3 is 0 Å². The Labute approximate surface area is 198 Å². The number of likely N-dealkylation sites (tertiary alicyclic amines) is 1. The maximum Gasteiger partial charge on any atom is 0.237 e. The third-order valence-electron chi connectivity index (χ3n) is 6.02. The van der Waals surface area contributed by atoms with Gasteiger partial charge in [0.1, 0.15) is 4.32 Å². The molecule has 168 valence electrons. The number of carbonyl (C=O) groups is 2. The molecule has 1 aliphatic heterocycles. The summed E-state index contributed by atoms with van der Waals surface area (Å²) in [5, 5.41) is 2.77. The van der Waals surface area contributed by atoms with E-state index in [1.54, 1.807) is 0 Å². The molecule has 1 aromatic heterocycles. The summed E-state index contributed by atoms with van der Waals surface area (Å²) in [4.78, 5) is 36.0. The molecule has 0 saturated carbocycles. The molecule has 2 heterocycles. The van der Waals surface area contributed by atoms with Crippen LogP contribution in [0.5, 0.6) is 0 Å². The number of benzene rings is 1. The summed E-state index contributed by atoms with van der Waals surface area (Å²) < 4.78 is 0.765. The molecule has 1 aromatic carbocycles. The quantitative estimate of drug-likeness (QED) is 0.670. The van der Waals surface area contributed by atoms with Crippen molar-refractivity contribution in [3.05, 3.63) is 53.3 Å². The van der Waals surface area contributed by atoms with E-state index in [1.165, 1.54) is 24.4 Å². The molecule has 0 radical (unpaired) electrons. The van der Waals surface area contributed by atoms with Crippen molar-refractivity contribution in [2.24, 2.45) is 11.8 Å². The Bertz CT molecular complexity index is 1000. The number of carbonyl (C=O) groups excluding carboxylic acids is 2. The van der Waals surface area contributed by atoms with Crippen LogP contribution in [0.2, 0.25) is 0 Å². The number of hydrogen-bond acceptors (Lipinski definition) is 6. The second-order valence-corrected chi connectivity index (χ2v) is 10.6. The van der Waals surface area contributed by atoms with Crippen LogP contribution in [0.4, 0.5) is 5.95 Å². The van der Waals surface area contributed by atoms with E-state index in [-0.39, 0.29) is 29.3 Å². The summed E-state index contributed by atoms with van der Waals surface area (Å²) in [6, 6.07) is 10.0. The van der Waals surface area contributed by atoms with Gasteiger partial charge < -0.3 is 4.90 Å². The molecular formula is C24H28N4O2S2. The van der Waals surface area contributed by atoms with Crippen LogP contribution in [0.3, 0.4) is 0 Å². The molecule has 0 unspecified atom stereocenters. The van der Waals surface area contributed by atoms with Gasteiger partial charge in [-0.3, -0.25) is 14.9 Å². The summed E-state index contributed by atoms with van der Waals surface area (Å²) in [7, 11) is 0. The topological polar surface area (TPSA) is 75.2 Å². The third kappa shape index (κ3) is 5.53. The Morgan fingerprint density at radius 2 is 1.91 bits per heavy atom. The molecule has 2 aromatic rings. The number of anilines is 1. The summed E-state index contributed by atoms with van der Waals surface area (Å²) in [6.07, 6.45) is 3.86. The van der Waals surface area contributed by atoms with Crippen molar-refractivity contribution >= 4 is 45.9 Å². The SMILES string of the molecule is C[C@@H]1C[C@@H](C)CN(C(=S)SCC(=O)Nc2ncc3c(n2)C[C@H](c2ccccc2)CC3=O)C1. The number of rotatable bonds is 4. The highest BCUT2D eigenvalue weighted by Crippen LogP contribution is 2.32. The molecule has 0 spiro atoms. The maximum absolute atomic E-state index is 12.6. The molecular weight excluding hydrogens is 440 g/mol. The lowest BCUT2D eigenvalue weighted by Gasteiger charge is -2.36. The van der Waals surface area contributed by atoms with Crippen molar-refractivity contribution in [2.75, 3.05) is 24.2 Å². The number of fused-ring (bicyclic) bond motifs is 1. The van der Waals surface area contributed by atoms with Crippen LogP contribution < -0.4 is 5.32 Å². The van der Waals surface area contributed by atoms with Crippen LogP contribution in [0.25, 0.3) is 0 Å². The molecule has 3 atom stereocenters. The molecule has 2 aliphatic rings. The highest BCUT2D eigenvalue weighted by molar-refractivity contribution is 8.23. The number of nitrogens with one attached hydrogen (secondary N) is 1. The number of aromatic nitrogens is 2. The summed E-state index contributed by atoms with van der Waals surface area (Å²) >= 11 is 6.93. The number of ketones is 1. The zero-order valence-electron chi connectivity index (χ0n) is 18.4. The predicted molar refractivity (Wildman–Crippen MR) is 132 cm³/mol. The van der Waals surface area contributed by atoms with Gasteiger partial charge in [0.05, 0.1) is 17.0 Å². The van der Waals surface area contributed by atoms with E-state index in [0.29, 0.717) is 35.9 Å². The minimum absolute atomic E-state index is 0.0453. The van der Waals surface area contributed by atoms with Crippen LogP contribution in [-0.4, -0.2) is 49.7 Å². The van der Waals surface area contributed by atoms with E-state index in [1.807, 2.05) is 30.3 Å². The maximum atomic E-state index is 12.6. The molecule has 1 N–H and O–H groups in total. The molecule has 1 aliphatic carbocycles. The van der Waals surface area contributed by atoms with Crippen molar-refractivity contribution in [3.63, 3.8) is 0 Å². The van der Waals surface area contributed by atoms with E-state index in [2.05, 4.69) is 34.0 Å². The molecule has 4 rings (SSSR count). The van der Waals surface area contributed by atoms with E-state index in [0.717, 1.165) is 23.0 Å². The van der Waals surface area contributed by atoms with Gasteiger partial charge in [-0.1, -0.05) is 68.2 Å². The lowest BCUT2D eigenvalue weighted by atomic mass is 9.82. The van der Waals surface area contributed by atoms with Crippen LogP contribution in [0.15, 0.2) is 36.5 Å². The van der Waals surface area contributed by atoms with Crippen molar-refractivity contribution < 1.29 is 9.59 Å². The minimum Gasteiger partial charge on any atom is -0.357 e. The summed E-state index contributed by atoms with van der Waals surface area (Å²) in [5.74, 6) is 1.61. The molecule has 6 nitrogen and oxygen atoms in total. The first-order valence-corrected chi connectivity index (χ1v) is 12.4. The number of thioether (sulfide) groups is 1. The lowest BCUT2D eigenvalue weighted by Crippen LogP contribution is -2.41. The third-order valence-corrected chi connectivity index (χ3v) is 7.54. The monoisotopic (exact) mass is 468 g/mol. The van der Waals surface area contributed by atoms with E-state index < -0.39 is 0 Å². The van der Waals surface area contributed by atoms with Gasteiger partial charge in [-0.15, -0.1) is 0 Å². The number of Topliss-reactive ketones (excluding diaryl/α,β-unsaturated/α-hetero) is 1. The normalized spacial score (nSPS) is 22.9. The average molecular weight is 469 g/mol. The largest absolute Gasteiger partial charge is 0.357 e. The zero-order chi connectivity index (χ0) is 22.7. The Morgan fingerprint density at radius 3 is 2.62 bits per heavy atom. The van der Waals surface area contributed by atoms with Gasteiger partial charge in [-0.2, -0.15) is 0 Å². The molecule has 1 fully saturated rings. The second-order valence-electron chi connectivity index (χ2n) is 8.95. The standard InChI is InChI=1S/C24H28N4O2S2/c1-15-8-16(2)13-28(12-15)24(31)32-14-22(30)27-23-25-11-19-20(26-23)9-18(10-21(19)29)17-6-4-3-5-7-17/h3-7,11,15-16,18H,8-10,12-14H2,1-2H3,(H,25,26,27,30)/t15-,16-,18+/m1/s1. The van der Waals surface area contributed by atoms with Crippen LogP contribution in [-0.2, 0) is 11.2 Å². The van der Waals surface area contributed by atoms with Crippen LogP contribution in [0, 0.1) is 11.8 Å². The average Bonchev–Trinajstić information content (AvgIpc) is 2.77. The van der Waals surface area contributed by atoms with Gasteiger partial charge in [0.15, 0.2) is 5.78 Å². The summed E-state index contributed by atoms with van der Waals surface area (Å²) in [6.45, 7) is 6.37. The fourth-order valence-corrected chi connectivity index (χ4v) is 5.64. The van der Waals surface area contributed by atoms with Crippen LogP contribution >= 0.6 is 24.0 Å². The highest BCUT2D eigenvalue weighted by Gasteiger charge is 2.28. The number of nitrogens with zero attached hydrogens (tertiary/aromatic N) is 3. The highest BCUT2D eigenvalue weighted by atomic mass is 32.2. The van der Waals surface area contributed by atoms with E-state index in [9.17, 15) is 9.59 Å².